The summed E-state index contributed by atoms with van der Waals surface area (Å²) in [4.78, 5) is 23.8. The highest BCUT2D eigenvalue weighted by Gasteiger charge is 2.25. The summed E-state index contributed by atoms with van der Waals surface area (Å²) in [5.41, 5.74) is 2.14. The van der Waals surface area contributed by atoms with E-state index in [0.29, 0.717) is 12.4 Å². The molecular formula is C21H28N4O2S. The van der Waals surface area contributed by atoms with Crippen LogP contribution in [-0.2, 0) is 17.9 Å². The molecule has 4 rings (SSSR count). The predicted octanol–water partition coefficient (Wildman–Crippen LogP) is 3.16. The van der Waals surface area contributed by atoms with E-state index in [-0.39, 0.29) is 11.8 Å². The molecule has 3 heterocycles. The highest BCUT2D eigenvalue weighted by Crippen LogP contribution is 2.29. The van der Waals surface area contributed by atoms with E-state index in [1.54, 1.807) is 17.5 Å². The van der Waals surface area contributed by atoms with Crippen molar-refractivity contribution in [2.24, 2.45) is 11.8 Å². The molecule has 0 bridgehead atoms. The fraction of sp³-hybridized carbons (Fsp3) is 0.571. The van der Waals surface area contributed by atoms with Crippen molar-refractivity contribution in [1.29, 1.82) is 0 Å². The van der Waals surface area contributed by atoms with Crippen LogP contribution in [0.4, 0.5) is 0 Å². The minimum Gasteiger partial charge on any atom is -0.477 e. The smallest absolute Gasteiger partial charge is 0.223 e. The first-order valence-corrected chi connectivity index (χ1v) is 11.0. The van der Waals surface area contributed by atoms with Crippen LogP contribution in [0.25, 0.3) is 0 Å². The Morgan fingerprint density at radius 2 is 2.11 bits per heavy atom. The summed E-state index contributed by atoms with van der Waals surface area (Å²) in [5, 5.41) is 6.31. The lowest BCUT2D eigenvalue weighted by Gasteiger charge is -2.30. The standard InChI is InChI=1S/C21H28N4O2S/c1-15-24-19(14-28-15)12-25-8-6-18(7-9-25)21(26)23-11-17-4-5-20(22-10-17)27-13-16-2-3-16/h4-5,10,14,16,18H,2-3,6-9,11-13H2,1H3,(H,23,26). The summed E-state index contributed by atoms with van der Waals surface area (Å²) in [6.07, 6.45) is 6.14. The number of rotatable bonds is 8. The number of nitrogens with one attached hydrogen (secondary N) is 1. The average Bonchev–Trinajstić information content (AvgIpc) is 3.46. The van der Waals surface area contributed by atoms with Gasteiger partial charge in [-0.3, -0.25) is 9.69 Å². The lowest BCUT2D eigenvalue weighted by atomic mass is 9.95. The number of likely N-dealkylation sites (tertiary alicyclic amines) is 1. The summed E-state index contributed by atoms with van der Waals surface area (Å²) in [6.45, 7) is 6.11. The van der Waals surface area contributed by atoms with Crippen LogP contribution in [0.1, 0.15) is 41.9 Å². The van der Waals surface area contributed by atoms with Crippen LogP contribution in [0.15, 0.2) is 23.7 Å². The molecule has 2 fully saturated rings. The quantitative estimate of drug-likeness (QED) is 0.737. The van der Waals surface area contributed by atoms with Crippen molar-refractivity contribution < 1.29 is 9.53 Å². The number of thiazole rings is 1. The number of carbonyl (C=O) groups excluding carboxylic acids is 1. The van der Waals surface area contributed by atoms with Gasteiger partial charge in [-0.05, 0) is 57.2 Å². The Balaban J connectivity index is 1.17. The number of hydrogen-bond donors (Lipinski definition) is 1. The van der Waals surface area contributed by atoms with Gasteiger partial charge in [0.15, 0.2) is 0 Å². The van der Waals surface area contributed by atoms with Crippen LogP contribution >= 0.6 is 11.3 Å². The number of ether oxygens (including phenoxy) is 1. The van der Waals surface area contributed by atoms with E-state index in [1.165, 1.54) is 12.8 Å². The largest absolute Gasteiger partial charge is 0.477 e. The normalized spacial score (nSPS) is 18.2. The molecule has 1 aliphatic carbocycles. The van der Waals surface area contributed by atoms with Crippen LogP contribution in [0.2, 0.25) is 0 Å². The van der Waals surface area contributed by atoms with Gasteiger partial charge < -0.3 is 10.1 Å². The van der Waals surface area contributed by atoms with Crippen molar-refractivity contribution in [1.82, 2.24) is 20.2 Å². The number of piperidine rings is 1. The van der Waals surface area contributed by atoms with Crippen LogP contribution in [0.3, 0.4) is 0 Å². The molecule has 0 unspecified atom stereocenters. The molecule has 28 heavy (non-hydrogen) atoms. The molecule has 150 valence electrons. The molecule has 1 aliphatic heterocycles. The first kappa shape index (κ1) is 19.3. The zero-order chi connectivity index (χ0) is 19.3. The molecule has 1 N–H and O–H groups in total. The minimum absolute atomic E-state index is 0.0996. The van der Waals surface area contributed by atoms with Gasteiger partial charge in [-0.2, -0.15) is 0 Å². The first-order chi connectivity index (χ1) is 13.7. The first-order valence-electron chi connectivity index (χ1n) is 10.1. The van der Waals surface area contributed by atoms with Crippen molar-refractivity contribution in [3.05, 3.63) is 40.0 Å². The molecule has 2 aromatic rings. The van der Waals surface area contributed by atoms with Gasteiger partial charge in [-0.25, -0.2) is 9.97 Å². The summed E-state index contributed by atoms with van der Waals surface area (Å²) in [5.74, 6) is 1.64. The molecule has 0 spiro atoms. The lowest BCUT2D eigenvalue weighted by molar-refractivity contribution is -0.126. The monoisotopic (exact) mass is 400 g/mol. The second-order valence-corrected chi connectivity index (χ2v) is 8.95. The third-order valence-corrected chi connectivity index (χ3v) is 6.26. The SMILES string of the molecule is Cc1nc(CN2CCC(C(=O)NCc3ccc(OCC4CC4)nc3)CC2)cs1. The van der Waals surface area contributed by atoms with Gasteiger partial charge in [0.05, 0.1) is 17.3 Å². The highest BCUT2D eigenvalue weighted by atomic mass is 32.1. The van der Waals surface area contributed by atoms with Crippen molar-refractivity contribution in [3.8, 4) is 5.88 Å². The molecule has 1 saturated carbocycles. The number of aromatic nitrogens is 2. The maximum Gasteiger partial charge on any atom is 0.223 e. The van der Waals surface area contributed by atoms with Crippen molar-refractivity contribution >= 4 is 17.2 Å². The van der Waals surface area contributed by atoms with Crippen LogP contribution in [0.5, 0.6) is 5.88 Å². The topological polar surface area (TPSA) is 67.4 Å². The summed E-state index contributed by atoms with van der Waals surface area (Å²) in [6, 6.07) is 3.87. The van der Waals surface area contributed by atoms with E-state index >= 15 is 0 Å². The second-order valence-electron chi connectivity index (χ2n) is 7.89. The fourth-order valence-corrected chi connectivity index (χ4v) is 4.09. The molecule has 0 radical (unpaired) electrons. The molecule has 1 saturated heterocycles. The maximum atomic E-state index is 12.5. The zero-order valence-electron chi connectivity index (χ0n) is 16.4. The third kappa shape index (κ3) is 5.52. The molecule has 7 heteroatoms. The molecule has 0 atom stereocenters. The Kier molecular flexibility index (Phi) is 6.22. The molecule has 2 aliphatic rings. The van der Waals surface area contributed by atoms with Crippen LogP contribution < -0.4 is 10.1 Å². The van der Waals surface area contributed by atoms with E-state index in [0.717, 1.165) is 61.3 Å². The number of amides is 1. The van der Waals surface area contributed by atoms with E-state index in [1.807, 2.05) is 19.1 Å². The van der Waals surface area contributed by atoms with Crippen molar-refractivity contribution in [2.45, 2.75) is 45.7 Å². The Morgan fingerprint density at radius 1 is 1.29 bits per heavy atom. The summed E-state index contributed by atoms with van der Waals surface area (Å²) < 4.78 is 5.65. The van der Waals surface area contributed by atoms with E-state index < -0.39 is 0 Å². The number of carbonyl (C=O) groups is 1. The molecule has 1 amide bonds. The van der Waals surface area contributed by atoms with Gasteiger partial charge >= 0.3 is 0 Å². The Hall–Kier alpha value is -1.99. The predicted molar refractivity (Wildman–Crippen MR) is 109 cm³/mol. The van der Waals surface area contributed by atoms with Crippen LogP contribution in [0, 0.1) is 18.8 Å². The van der Waals surface area contributed by atoms with E-state index in [4.69, 9.17) is 4.74 Å². The summed E-state index contributed by atoms with van der Waals surface area (Å²) in [7, 11) is 0. The van der Waals surface area contributed by atoms with Crippen molar-refractivity contribution in [2.75, 3.05) is 19.7 Å². The number of hydrogen-bond acceptors (Lipinski definition) is 6. The Bertz CT molecular complexity index is 780. The van der Waals surface area contributed by atoms with Gasteiger partial charge in [0.25, 0.3) is 0 Å². The second kappa shape index (κ2) is 9.01. The lowest BCUT2D eigenvalue weighted by Crippen LogP contribution is -2.40. The Morgan fingerprint density at radius 3 is 2.75 bits per heavy atom. The highest BCUT2D eigenvalue weighted by molar-refractivity contribution is 7.09. The van der Waals surface area contributed by atoms with Crippen LogP contribution in [-0.4, -0.2) is 40.5 Å². The van der Waals surface area contributed by atoms with Gasteiger partial charge in [-0.15, -0.1) is 11.3 Å². The number of pyridine rings is 1. The fourth-order valence-electron chi connectivity index (χ4n) is 3.49. The van der Waals surface area contributed by atoms with E-state index in [2.05, 4.69) is 25.6 Å². The maximum absolute atomic E-state index is 12.5. The molecule has 6 nitrogen and oxygen atoms in total. The third-order valence-electron chi connectivity index (χ3n) is 5.44. The number of nitrogens with zero attached hydrogens (tertiary/aromatic N) is 3. The summed E-state index contributed by atoms with van der Waals surface area (Å²) >= 11 is 1.70. The van der Waals surface area contributed by atoms with Gasteiger partial charge in [0.2, 0.25) is 11.8 Å². The Labute approximate surface area is 170 Å². The van der Waals surface area contributed by atoms with E-state index in [9.17, 15) is 4.79 Å². The molecule has 0 aromatic carbocycles. The average molecular weight is 401 g/mol. The zero-order valence-corrected chi connectivity index (χ0v) is 17.2. The van der Waals surface area contributed by atoms with Gasteiger partial charge in [-0.1, -0.05) is 6.07 Å². The minimum atomic E-state index is 0.0996. The molecule has 2 aromatic heterocycles. The van der Waals surface area contributed by atoms with Gasteiger partial charge in [0, 0.05) is 36.7 Å². The number of aryl methyl sites for hydroxylation is 1. The van der Waals surface area contributed by atoms with Gasteiger partial charge in [0.1, 0.15) is 0 Å². The molecular weight excluding hydrogens is 372 g/mol. The van der Waals surface area contributed by atoms with Crippen molar-refractivity contribution in [3.63, 3.8) is 0 Å².